The van der Waals surface area contributed by atoms with Crippen molar-refractivity contribution in [1.82, 2.24) is 14.9 Å². The van der Waals surface area contributed by atoms with E-state index >= 15 is 0 Å². The highest BCUT2D eigenvalue weighted by atomic mass is 35.5. The van der Waals surface area contributed by atoms with Gasteiger partial charge >= 0.3 is 6.09 Å². The molecule has 0 radical (unpaired) electrons. The van der Waals surface area contributed by atoms with Crippen molar-refractivity contribution in [2.45, 2.75) is 12.8 Å². The average molecular weight is 228 g/mol. The van der Waals surface area contributed by atoms with E-state index in [4.69, 9.17) is 16.3 Å². The number of aromatic nitrogens is 2. The van der Waals surface area contributed by atoms with Crippen LogP contribution < -0.4 is 4.74 Å². The third kappa shape index (κ3) is 2.56. The summed E-state index contributed by atoms with van der Waals surface area (Å²) >= 11 is 5.56. The van der Waals surface area contributed by atoms with E-state index in [2.05, 4.69) is 9.97 Å². The molecule has 1 aliphatic rings. The summed E-state index contributed by atoms with van der Waals surface area (Å²) in [5.41, 5.74) is 0. The Labute approximate surface area is 92.0 Å². The van der Waals surface area contributed by atoms with E-state index in [0.29, 0.717) is 0 Å². The van der Waals surface area contributed by atoms with Crippen LogP contribution in [0.5, 0.6) is 5.88 Å². The molecule has 0 unspecified atom stereocenters. The van der Waals surface area contributed by atoms with Gasteiger partial charge < -0.3 is 9.64 Å². The van der Waals surface area contributed by atoms with E-state index in [1.807, 2.05) is 0 Å². The van der Waals surface area contributed by atoms with Crippen molar-refractivity contribution in [3.63, 3.8) is 0 Å². The van der Waals surface area contributed by atoms with Gasteiger partial charge in [0.2, 0.25) is 11.2 Å². The predicted octanol–water partition coefficient (Wildman–Crippen LogP) is 1.72. The Bertz CT molecular complexity index is 366. The Morgan fingerprint density at radius 3 is 2.87 bits per heavy atom. The molecule has 0 saturated carbocycles. The first-order valence-electron chi connectivity index (χ1n) is 4.71. The van der Waals surface area contributed by atoms with Crippen molar-refractivity contribution in [1.29, 1.82) is 0 Å². The molecule has 1 aromatic heterocycles. The minimum Gasteiger partial charge on any atom is -0.391 e. The lowest BCUT2D eigenvalue weighted by atomic mass is 10.4. The molecule has 1 amide bonds. The number of halogens is 1. The highest BCUT2D eigenvalue weighted by Gasteiger charge is 2.20. The van der Waals surface area contributed by atoms with Gasteiger partial charge in [-0.3, -0.25) is 0 Å². The Morgan fingerprint density at radius 1 is 1.47 bits per heavy atom. The normalized spacial score (nSPS) is 15.4. The molecular weight excluding hydrogens is 218 g/mol. The van der Waals surface area contributed by atoms with Crippen molar-refractivity contribution in [3.8, 4) is 5.88 Å². The van der Waals surface area contributed by atoms with Gasteiger partial charge in [0.15, 0.2) is 0 Å². The van der Waals surface area contributed by atoms with Crippen LogP contribution in [0.2, 0.25) is 5.28 Å². The van der Waals surface area contributed by atoms with Crippen LogP contribution in [-0.4, -0.2) is 34.1 Å². The maximum absolute atomic E-state index is 11.5. The molecule has 1 fully saturated rings. The molecule has 0 aromatic carbocycles. The van der Waals surface area contributed by atoms with Crippen LogP contribution in [0.4, 0.5) is 4.79 Å². The van der Waals surface area contributed by atoms with Gasteiger partial charge in [-0.1, -0.05) is 0 Å². The van der Waals surface area contributed by atoms with Gasteiger partial charge in [-0.15, -0.1) is 0 Å². The average Bonchev–Trinajstić information content (AvgIpc) is 2.70. The lowest BCUT2D eigenvalue weighted by Crippen LogP contribution is -2.30. The van der Waals surface area contributed by atoms with Crippen molar-refractivity contribution < 1.29 is 9.53 Å². The molecular formula is C9H10ClN3O2. The standard InChI is InChI=1S/C9H10ClN3O2/c10-8-11-4-3-7(12-8)15-9(14)13-5-1-2-6-13/h3-4H,1-2,5-6H2. The molecule has 0 N–H and O–H groups in total. The first-order valence-corrected chi connectivity index (χ1v) is 5.09. The number of hydrogen-bond donors (Lipinski definition) is 0. The second kappa shape index (κ2) is 4.44. The van der Waals surface area contributed by atoms with E-state index < -0.39 is 0 Å². The molecule has 1 aromatic rings. The molecule has 80 valence electrons. The molecule has 0 spiro atoms. The molecule has 2 rings (SSSR count). The Morgan fingerprint density at radius 2 is 2.20 bits per heavy atom. The third-order valence-electron chi connectivity index (χ3n) is 2.16. The minimum absolute atomic E-state index is 0.0710. The number of nitrogens with zero attached hydrogens (tertiary/aromatic N) is 3. The van der Waals surface area contributed by atoms with Gasteiger partial charge in [0.05, 0.1) is 0 Å². The molecule has 0 atom stereocenters. The van der Waals surface area contributed by atoms with Gasteiger partial charge in [-0.05, 0) is 24.4 Å². The molecule has 1 saturated heterocycles. The zero-order chi connectivity index (χ0) is 10.7. The number of hydrogen-bond acceptors (Lipinski definition) is 4. The van der Waals surface area contributed by atoms with Crippen LogP contribution >= 0.6 is 11.6 Å². The second-order valence-electron chi connectivity index (χ2n) is 3.23. The number of carbonyl (C=O) groups excluding carboxylic acids is 1. The molecule has 5 nitrogen and oxygen atoms in total. The van der Waals surface area contributed by atoms with Gasteiger partial charge in [0.1, 0.15) is 0 Å². The molecule has 1 aliphatic heterocycles. The SMILES string of the molecule is O=C(Oc1ccnc(Cl)n1)N1CCCC1. The zero-order valence-corrected chi connectivity index (χ0v) is 8.78. The molecule has 0 aliphatic carbocycles. The quantitative estimate of drug-likeness (QED) is 0.686. The Kier molecular flexibility index (Phi) is 3.01. The van der Waals surface area contributed by atoms with Crippen molar-refractivity contribution >= 4 is 17.7 Å². The highest BCUT2D eigenvalue weighted by Crippen LogP contribution is 2.13. The first kappa shape index (κ1) is 10.2. The maximum Gasteiger partial charge on any atom is 0.416 e. The summed E-state index contributed by atoms with van der Waals surface area (Å²) in [7, 11) is 0. The largest absolute Gasteiger partial charge is 0.416 e. The maximum atomic E-state index is 11.5. The van der Waals surface area contributed by atoms with Crippen LogP contribution in [-0.2, 0) is 0 Å². The van der Waals surface area contributed by atoms with Gasteiger partial charge in [-0.25, -0.2) is 9.78 Å². The number of ether oxygens (including phenoxy) is 1. The predicted molar refractivity (Wildman–Crippen MR) is 53.9 cm³/mol. The molecule has 6 heteroatoms. The third-order valence-corrected chi connectivity index (χ3v) is 2.34. The van der Waals surface area contributed by atoms with Gasteiger partial charge in [-0.2, -0.15) is 4.98 Å². The molecule has 0 bridgehead atoms. The summed E-state index contributed by atoms with van der Waals surface area (Å²) < 4.78 is 5.03. The van der Waals surface area contributed by atoms with Crippen LogP contribution in [0, 0.1) is 0 Å². The Balaban J connectivity index is 1.99. The highest BCUT2D eigenvalue weighted by molar-refractivity contribution is 6.28. The van der Waals surface area contributed by atoms with Gasteiger partial charge in [0, 0.05) is 25.4 Å². The minimum atomic E-state index is -0.373. The van der Waals surface area contributed by atoms with E-state index in [1.165, 1.54) is 12.3 Å². The number of carbonyl (C=O) groups is 1. The summed E-state index contributed by atoms with van der Waals surface area (Å²) in [6.45, 7) is 1.50. The van der Waals surface area contributed by atoms with Crippen LogP contribution in [0.25, 0.3) is 0 Å². The summed E-state index contributed by atoms with van der Waals surface area (Å²) in [6.07, 6.45) is 3.13. The summed E-state index contributed by atoms with van der Waals surface area (Å²) in [4.78, 5) is 20.6. The first-order chi connectivity index (χ1) is 7.25. The van der Waals surface area contributed by atoms with E-state index in [0.717, 1.165) is 25.9 Å². The molecule has 15 heavy (non-hydrogen) atoms. The van der Waals surface area contributed by atoms with E-state index in [-0.39, 0.29) is 17.3 Å². The zero-order valence-electron chi connectivity index (χ0n) is 8.02. The fourth-order valence-electron chi connectivity index (χ4n) is 1.43. The topological polar surface area (TPSA) is 55.3 Å². The summed E-state index contributed by atoms with van der Waals surface area (Å²) in [5.74, 6) is 0.187. The van der Waals surface area contributed by atoms with Crippen molar-refractivity contribution in [2.75, 3.05) is 13.1 Å². The smallest absolute Gasteiger partial charge is 0.391 e. The fourth-order valence-corrected chi connectivity index (χ4v) is 1.57. The van der Waals surface area contributed by atoms with Crippen molar-refractivity contribution in [3.05, 3.63) is 17.5 Å². The molecule has 2 heterocycles. The van der Waals surface area contributed by atoms with Crippen LogP contribution in [0.15, 0.2) is 12.3 Å². The van der Waals surface area contributed by atoms with Crippen molar-refractivity contribution in [2.24, 2.45) is 0 Å². The number of amides is 1. The number of likely N-dealkylation sites (tertiary alicyclic amines) is 1. The van der Waals surface area contributed by atoms with Gasteiger partial charge in [0.25, 0.3) is 0 Å². The Hall–Kier alpha value is -1.36. The van der Waals surface area contributed by atoms with Crippen LogP contribution in [0.1, 0.15) is 12.8 Å². The fraction of sp³-hybridized carbons (Fsp3) is 0.444. The number of rotatable bonds is 1. The second-order valence-corrected chi connectivity index (χ2v) is 3.56. The lowest BCUT2D eigenvalue weighted by Gasteiger charge is -2.13. The van der Waals surface area contributed by atoms with Crippen LogP contribution in [0.3, 0.4) is 0 Å². The monoisotopic (exact) mass is 227 g/mol. The summed E-state index contributed by atoms with van der Waals surface area (Å²) in [5, 5.41) is 0.0710. The van der Waals surface area contributed by atoms with E-state index in [9.17, 15) is 4.79 Å². The summed E-state index contributed by atoms with van der Waals surface area (Å²) in [6, 6.07) is 1.50. The van der Waals surface area contributed by atoms with E-state index in [1.54, 1.807) is 4.90 Å². The lowest BCUT2D eigenvalue weighted by molar-refractivity contribution is 0.161.